The van der Waals surface area contributed by atoms with E-state index in [-0.39, 0.29) is 24.2 Å². The van der Waals surface area contributed by atoms with Gasteiger partial charge in [0, 0.05) is 5.57 Å². The lowest BCUT2D eigenvalue weighted by atomic mass is 9.97. The van der Waals surface area contributed by atoms with Gasteiger partial charge in [0.25, 0.3) is 0 Å². The van der Waals surface area contributed by atoms with E-state index < -0.39 is 23.8 Å². The van der Waals surface area contributed by atoms with E-state index in [0.29, 0.717) is 12.8 Å². The first-order valence-corrected chi connectivity index (χ1v) is 7.04. The smallest absolute Gasteiger partial charge is 0.331 e. The summed E-state index contributed by atoms with van der Waals surface area (Å²) >= 11 is 0. The van der Waals surface area contributed by atoms with Crippen LogP contribution in [-0.2, 0) is 23.9 Å². The Morgan fingerprint density at radius 2 is 1.52 bits per heavy atom. The Hall–Kier alpha value is -1.85. The van der Waals surface area contributed by atoms with E-state index in [2.05, 4.69) is 6.58 Å². The zero-order chi connectivity index (χ0) is 16.6. The largest absolute Gasteiger partial charge is 0.478 e. The molecule has 0 aliphatic heterocycles. The predicted molar refractivity (Wildman–Crippen MR) is 76.6 cm³/mol. The fraction of sp³-hybridized carbons (Fsp3) is 0.667. The highest BCUT2D eigenvalue weighted by Gasteiger charge is 2.31. The number of esters is 2. The van der Waals surface area contributed by atoms with Gasteiger partial charge in [-0.25, -0.2) is 4.79 Å². The molecule has 0 fully saturated rings. The normalized spacial score (nSPS) is 14.7. The summed E-state index contributed by atoms with van der Waals surface area (Å²) in [7, 11) is 0. The second kappa shape index (κ2) is 9.15. The molecule has 0 bridgehead atoms. The summed E-state index contributed by atoms with van der Waals surface area (Å²) in [5, 5.41) is 8.97. The molecule has 3 atom stereocenters. The van der Waals surface area contributed by atoms with Crippen molar-refractivity contribution in [1.82, 2.24) is 0 Å². The van der Waals surface area contributed by atoms with Crippen molar-refractivity contribution in [1.29, 1.82) is 0 Å². The molecule has 0 aliphatic carbocycles. The van der Waals surface area contributed by atoms with Crippen molar-refractivity contribution < 1.29 is 29.0 Å². The van der Waals surface area contributed by atoms with Crippen LogP contribution in [-0.4, -0.2) is 35.2 Å². The van der Waals surface area contributed by atoms with Gasteiger partial charge in [0.2, 0.25) is 0 Å². The molecule has 0 aliphatic rings. The van der Waals surface area contributed by atoms with Gasteiger partial charge >= 0.3 is 17.9 Å². The molecule has 1 N–H and O–H groups in total. The summed E-state index contributed by atoms with van der Waals surface area (Å²) in [4.78, 5) is 34.7. The van der Waals surface area contributed by atoms with E-state index in [1.165, 1.54) is 0 Å². The molecule has 0 radical (unpaired) electrons. The van der Waals surface area contributed by atoms with Gasteiger partial charge in [0.05, 0.1) is 24.5 Å². The second-order valence-corrected chi connectivity index (χ2v) is 4.95. The summed E-state index contributed by atoms with van der Waals surface area (Å²) in [5.41, 5.74) is -0.371. The van der Waals surface area contributed by atoms with Crippen LogP contribution < -0.4 is 0 Å². The summed E-state index contributed by atoms with van der Waals surface area (Å²) in [6, 6.07) is 0. The Labute approximate surface area is 125 Å². The van der Waals surface area contributed by atoms with E-state index in [1.54, 1.807) is 13.8 Å². The van der Waals surface area contributed by atoms with Crippen molar-refractivity contribution in [3.05, 3.63) is 12.2 Å². The van der Waals surface area contributed by atoms with E-state index in [0.717, 1.165) is 0 Å². The zero-order valence-corrected chi connectivity index (χ0v) is 13.0. The van der Waals surface area contributed by atoms with Gasteiger partial charge in [-0.1, -0.05) is 20.4 Å². The third kappa shape index (κ3) is 6.92. The van der Waals surface area contributed by atoms with Gasteiger partial charge in [0.1, 0.15) is 0 Å². The van der Waals surface area contributed by atoms with Crippen LogP contribution in [0.15, 0.2) is 12.2 Å². The standard InChI is InChI=1S/C15H24O6/c1-6-9(3)20-13(16)8-12(11(5)14(17)18)15(19)21-10(4)7-2/h9-10,12H,5-8H2,1-4H3,(H,17,18). The molecule has 0 spiro atoms. The third-order valence-corrected chi connectivity index (χ3v) is 3.15. The SMILES string of the molecule is C=C(C(=O)O)C(CC(=O)OC(C)CC)C(=O)OC(C)CC. The number of aliphatic carboxylic acids is 1. The van der Waals surface area contributed by atoms with Crippen LogP contribution in [0.2, 0.25) is 0 Å². The third-order valence-electron chi connectivity index (χ3n) is 3.15. The van der Waals surface area contributed by atoms with Crippen molar-refractivity contribution >= 4 is 17.9 Å². The zero-order valence-electron chi connectivity index (χ0n) is 13.0. The number of carbonyl (C=O) groups excluding carboxylic acids is 2. The van der Waals surface area contributed by atoms with E-state index in [4.69, 9.17) is 14.6 Å². The number of hydrogen-bond donors (Lipinski definition) is 1. The minimum Gasteiger partial charge on any atom is -0.478 e. The lowest BCUT2D eigenvalue weighted by Gasteiger charge is -2.19. The molecular weight excluding hydrogens is 276 g/mol. The highest BCUT2D eigenvalue weighted by atomic mass is 16.6. The molecule has 6 nitrogen and oxygen atoms in total. The van der Waals surface area contributed by atoms with Gasteiger partial charge in [0.15, 0.2) is 0 Å². The number of rotatable bonds is 9. The Bertz CT molecular complexity index is 401. The monoisotopic (exact) mass is 300 g/mol. The number of carboxylic acid groups (broad SMARTS) is 1. The molecule has 6 heteroatoms. The molecule has 3 unspecified atom stereocenters. The molecule has 0 amide bonds. The minimum absolute atomic E-state index is 0.290. The van der Waals surface area contributed by atoms with E-state index in [9.17, 15) is 14.4 Å². The van der Waals surface area contributed by atoms with Crippen molar-refractivity contribution in [3.8, 4) is 0 Å². The fourth-order valence-corrected chi connectivity index (χ4v) is 1.38. The maximum atomic E-state index is 12.0. The van der Waals surface area contributed by atoms with Gasteiger partial charge < -0.3 is 14.6 Å². The molecule has 0 heterocycles. The van der Waals surface area contributed by atoms with Crippen LogP contribution in [0, 0.1) is 5.92 Å². The summed E-state index contributed by atoms with van der Waals surface area (Å²) in [6.45, 7) is 10.4. The van der Waals surface area contributed by atoms with Crippen LogP contribution >= 0.6 is 0 Å². The first-order valence-electron chi connectivity index (χ1n) is 7.04. The molecule has 120 valence electrons. The summed E-state index contributed by atoms with van der Waals surface area (Å²) in [6.07, 6.45) is 0.196. The van der Waals surface area contributed by atoms with Crippen molar-refractivity contribution in [2.45, 2.75) is 59.2 Å². The number of carbonyl (C=O) groups is 3. The summed E-state index contributed by atoms with van der Waals surface area (Å²) in [5.74, 6) is -3.97. The minimum atomic E-state index is -1.34. The molecule has 0 saturated heterocycles. The molecule has 0 saturated carbocycles. The second-order valence-electron chi connectivity index (χ2n) is 4.95. The first-order chi connectivity index (χ1) is 9.72. The topological polar surface area (TPSA) is 89.9 Å². The van der Waals surface area contributed by atoms with Crippen LogP contribution in [0.5, 0.6) is 0 Å². The average Bonchev–Trinajstić information content (AvgIpc) is 2.43. The number of hydrogen-bond acceptors (Lipinski definition) is 5. The van der Waals surface area contributed by atoms with Gasteiger partial charge in [-0.05, 0) is 26.7 Å². The van der Waals surface area contributed by atoms with Crippen LogP contribution in [0.1, 0.15) is 47.0 Å². The summed E-state index contributed by atoms with van der Waals surface area (Å²) < 4.78 is 10.2. The Morgan fingerprint density at radius 1 is 1.05 bits per heavy atom. The number of carboxylic acids is 1. The molecular formula is C15H24O6. The highest BCUT2D eigenvalue weighted by Crippen LogP contribution is 2.19. The molecule has 0 aromatic carbocycles. The van der Waals surface area contributed by atoms with E-state index in [1.807, 2.05) is 13.8 Å². The van der Waals surface area contributed by atoms with Gasteiger partial charge in [-0.3, -0.25) is 9.59 Å². The van der Waals surface area contributed by atoms with Crippen LogP contribution in [0.3, 0.4) is 0 Å². The Morgan fingerprint density at radius 3 is 1.95 bits per heavy atom. The average molecular weight is 300 g/mol. The fourth-order valence-electron chi connectivity index (χ4n) is 1.38. The lowest BCUT2D eigenvalue weighted by molar-refractivity contribution is -0.159. The van der Waals surface area contributed by atoms with Crippen molar-refractivity contribution in [2.75, 3.05) is 0 Å². The van der Waals surface area contributed by atoms with Crippen LogP contribution in [0.4, 0.5) is 0 Å². The first kappa shape index (κ1) is 19.1. The van der Waals surface area contributed by atoms with Gasteiger partial charge in [-0.15, -0.1) is 0 Å². The molecule has 0 aromatic heterocycles. The van der Waals surface area contributed by atoms with E-state index >= 15 is 0 Å². The van der Waals surface area contributed by atoms with Gasteiger partial charge in [-0.2, -0.15) is 0 Å². The van der Waals surface area contributed by atoms with Crippen molar-refractivity contribution in [2.24, 2.45) is 5.92 Å². The maximum absolute atomic E-state index is 12.0. The quantitative estimate of drug-likeness (QED) is 0.519. The Kier molecular flexibility index (Phi) is 8.35. The molecule has 21 heavy (non-hydrogen) atoms. The van der Waals surface area contributed by atoms with Crippen molar-refractivity contribution in [3.63, 3.8) is 0 Å². The highest BCUT2D eigenvalue weighted by molar-refractivity contribution is 5.95. The lowest BCUT2D eigenvalue weighted by Crippen LogP contribution is -2.29. The maximum Gasteiger partial charge on any atom is 0.331 e. The van der Waals surface area contributed by atoms with Crippen LogP contribution in [0.25, 0.3) is 0 Å². The predicted octanol–water partition coefficient (Wildman–Crippen LogP) is 2.32. The number of ether oxygens (including phenoxy) is 2. The molecule has 0 aromatic rings. The Balaban J connectivity index is 4.90. The molecule has 0 rings (SSSR count).